The lowest BCUT2D eigenvalue weighted by Gasteiger charge is -2.18. The second-order valence-electron chi connectivity index (χ2n) is 6.85. The lowest BCUT2D eigenvalue weighted by Crippen LogP contribution is -2.23. The van der Waals surface area contributed by atoms with Crippen molar-refractivity contribution in [3.05, 3.63) is 44.3 Å². The summed E-state index contributed by atoms with van der Waals surface area (Å²) in [5.41, 5.74) is 6.48. The minimum atomic E-state index is -0.616. The summed E-state index contributed by atoms with van der Waals surface area (Å²) in [6.45, 7) is 1.69. The number of thiophene rings is 1. The molecule has 154 valence electrons. The molecule has 0 saturated heterocycles. The predicted octanol–water partition coefficient (Wildman–Crippen LogP) is 2.91. The Morgan fingerprint density at radius 2 is 2.17 bits per heavy atom. The molecule has 29 heavy (non-hydrogen) atoms. The second-order valence-corrected chi connectivity index (χ2v) is 7.95. The number of anilines is 1. The van der Waals surface area contributed by atoms with Gasteiger partial charge in [0.1, 0.15) is 10.8 Å². The Bertz CT molecular complexity index is 971. The molecule has 3 N–H and O–H groups in total. The summed E-state index contributed by atoms with van der Waals surface area (Å²) >= 11 is 1.34. The molecule has 0 saturated carbocycles. The van der Waals surface area contributed by atoms with Gasteiger partial charge in [-0.05, 0) is 42.9 Å². The average Bonchev–Trinajstić information content (AvgIpc) is 3.02. The molecular weight excluding hydrogens is 398 g/mol. The maximum atomic E-state index is 12.4. The highest BCUT2D eigenvalue weighted by Crippen LogP contribution is 2.39. The minimum Gasteiger partial charge on any atom is -0.496 e. The SMILES string of the molecule is COc1ccc(OCC(=O)Nc2sc3c(c2C(N)=O)CC[C@@H](C)C3)c([N+](=O)[O-])c1. The molecule has 9 nitrogen and oxygen atoms in total. The molecule has 0 bridgehead atoms. The van der Waals surface area contributed by atoms with Crippen LogP contribution in [-0.2, 0) is 17.6 Å². The maximum Gasteiger partial charge on any atom is 0.314 e. The summed E-state index contributed by atoms with van der Waals surface area (Å²) in [7, 11) is 1.39. The lowest BCUT2D eigenvalue weighted by molar-refractivity contribution is -0.385. The number of nitro benzene ring substituents is 1. The van der Waals surface area contributed by atoms with Gasteiger partial charge in [-0.1, -0.05) is 6.92 Å². The number of nitrogens with zero attached hydrogens (tertiary/aromatic N) is 1. The number of nitrogens with one attached hydrogen (secondary N) is 1. The van der Waals surface area contributed by atoms with Crippen molar-refractivity contribution in [2.75, 3.05) is 19.0 Å². The number of nitrogens with two attached hydrogens (primary N) is 1. The molecular formula is C19H21N3O6S. The number of fused-ring (bicyclic) bond motifs is 1. The molecule has 0 spiro atoms. The quantitative estimate of drug-likeness (QED) is 0.523. The number of primary amides is 1. The standard InChI is InChI=1S/C19H21N3O6S/c1-10-3-5-12-15(7-10)29-19(17(12)18(20)24)21-16(23)9-28-14-6-4-11(27-2)8-13(14)22(25)26/h4,6,8,10H,3,5,7,9H2,1-2H3,(H2,20,24)(H,21,23)/t10-/m1/s1. The fourth-order valence-corrected chi connectivity index (χ4v) is 4.73. The number of nitro groups is 1. The molecule has 1 aromatic heterocycles. The normalized spacial score (nSPS) is 15.3. The molecule has 1 atom stereocenters. The van der Waals surface area contributed by atoms with E-state index in [-0.39, 0.29) is 11.4 Å². The zero-order chi connectivity index (χ0) is 21.1. The average molecular weight is 419 g/mol. The summed E-state index contributed by atoms with van der Waals surface area (Å²) in [6.07, 6.45) is 2.54. The fraction of sp³-hybridized carbons (Fsp3) is 0.368. The highest BCUT2D eigenvalue weighted by Gasteiger charge is 2.27. The van der Waals surface area contributed by atoms with Gasteiger partial charge in [0.15, 0.2) is 12.4 Å². The Balaban J connectivity index is 1.74. The van der Waals surface area contributed by atoms with Crippen LogP contribution in [0.2, 0.25) is 0 Å². The van der Waals surface area contributed by atoms with Crippen LogP contribution < -0.4 is 20.5 Å². The van der Waals surface area contributed by atoms with Gasteiger partial charge in [-0.3, -0.25) is 19.7 Å². The van der Waals surface area contributed by atoms with Crippen LogP contribution in [0.3, 0.4) is 0 Å². The molecule has 0 radical (unpaired) electrons. The number of amides is 2. The summed E-state index contributed by atoms with van der Waals surface area (Å²) in [4.78, 5) is 35.9. The van der Waals surface area contributed by atoms with Crippen LogP contribution >= 0.6 is 11.3 Å². The van der Waals surface area contributed by atoms with Gasteiger partial charge in [0.2, 0.25) is 0 Å². The van der Waals surface area contributed by atoms with E-state index in [0.29, 0.717) is 22.2 Å². The Labute approximate surface area is 171 Å². The van der Waals surface area contributed by atoms with Crippen molar-refractivity contribution in [1.29, 1.82) is 0 Å². The molecule has 2 aromatic rings. The molecule has 0 aliphatic heterocycles. The Morgan fingerprint density at radius 1 is 1.41 bits per heavy atom. The minimum absolute atomic E-state index is 0.0552. The Kier molecular flexibility index (Phi) is 6.02. The van der Waals surface area contributed by atoms with E-state index in [9.17, 15) is 19.7 Å². The van der Waals surface area contributed by atoms with E-state index < -0.39 is 23.3 Å². The summed E-state index contributed by atoms with van der Waals surface area (Å²) in [5.74, 6) is -0.369. The van der Waals surface area contributed by atoms with E-state index in [1.807, 2.05) is 0 Å². The number of methoxy groups -OCH3 is 1. The highest BCUT2D eigenvalue weighted by molar-refractivity contribution is 7.17. The second kappa shape index (κ2) is 8.48. The van der Waals surface area contributed by atoms with E-state index in [4.69, 9.17) is 15.2 Å². The highest BCUT2D eigenvalue weighted by atomic mass is 32.1. The largest absolute Gasteiger partial charge is 0.496 e. The summed E-state index contributed by atoms with van der Waals surface area (Å²) in [6, 6.07) is 4.08. The third-order valence-corrected chi connectivity index (χ3v) is 5.90. The van der Waals surface area contributed by atoms with Crippen molar-refractivity contribution in [1.82, 2.24) is 0 Å². The lowest BCUT2D eigenvalue weighted by atomic mass is 9.88. The van der Waals surface area contributed by atoms with Gasteiger partial charge in [0, 0.05) is 4.88 Å². The van der Waals surface area contributed by atoms with Crippen molar-refractivity contribution in [2.45, 2.75) is 26.2 Å². The van der Waals surface area contributed by atoms with E-state index >= 15 is 0 Å². The van der Waals surface area contributed by atoms with Crippen LogP contribution in [0.5, 0.6) is 11.5 Å². The van der Waals surface area contributed by atoms with E-state index in [1.165, 1.54) is 36.6 Å². The van der Waals surface area contributed by atoms with Crippen LogP contribution in [-0.4, -0.2) is 30.5 Å². The number of hydrogen-bond acceptors (Lipinski definition) is 7. The van der Waals surface area contributed by atoms with E-state index in [0.717, 1.165) is 29.7 Å². The summed E-state index contributed by atoms with van der Waals surface area (Å²) in [5, 5.41) is 14.3. The first kappa shape index (κ1) is 20.6. The zero-order valence-electron chi connectivity index (χ0n) is 16.0. The number of ether oxygens (including phenoxy) is 2. The number of benzene rings is 1. The van der Waals surface area contributed by atoms with Gasteiger partial charge in [0.05, 0.1) is 23.7 Å². The van der Waals surface area contributed by atoms with Crippen LogP contribution in [0.25, 0.3) is 0 Å². The molecule has 1 aliphatic rings. The first-order valence-electron chi connectivity index (χ1n) is 8.99. The van der Waals surface area contributed by atoms with Crippen molar-refractivity contribution in [2.24, 2.45) is 11.7 Å². The van der Waals surface area contributed by atoms with Crippen LogP contribution in [0.1, 0.15) is 34.1 Å². The predicted molar refractivity (Wildman–Crippen MR) is 108 cm³/mol. The van der Waals surface area contributed by atoms with Crippen molar-refractivity contribution in [3.8, 4) is 11.5 Å². The monoisotopic (exact) mass is 419 g/mol. The molecule has 0 unspecified atom stereocenters. The number of hydrogen-bond donors (Lipinski definition) is 2. The first-order valence-corrected chi connectivity index (χ1v) is 9.81. The molecule has 1 heterocycles. The van der Waals surface area contributed by atoms with Gasteiger partial charge in [-0.15, -0.1) is 11.3 Å². The van der Waals surface area contributed by atoms with Gasteiger partial charge in [-0.2, -0.15) is 0 Å². The molecule has 3 rings (SSSR count). The third-order valence-electron chi connectivity index (χ3n) is 4.73. The number of carbonyl (C=O) groups excluding carboxylic acids is 2. The zero-order valence-corrected chi connectivity index (χ0v) is 16.8. The van der Waals surface area contributed by atoms with Crippen molar-refractivity contribution in [3.63, 3.8) is 0 Å². The van der Waals surface area contributed by atoms with Crippen molar-refractivity contribution < 1.29 is 24.0 Å². The number of carbonyl (C=O) groups is 2. The molecule has 2 amide bonds. The van der Waals surface area contributed by atoms with E-state index in [1.54, 1.807) is 0 Å². The fourth-order valence-electron chi connectivity index (χ4n) is 3.29. The molecule has 10 heteroatoms. The molecule has 0 fully saturated rings. The van der Waals surface area contributed by atoms with Crippen LogP contribution in [0.15, 0.2) is 18.2 Å². The van der Waals surface area contributed by atoms with Crippen LogP contribution in [0.4, 0.5) is 10.7 Å². The molecule has 1 aliphatic carbocycles. The van der Waals surface area contributed by atoms with Gasteiger partial charge >= 0.3 is 5.69 Å². The Hall–Kier alpha value is -3.14. The number of rotatable bonds is 7. The van der Waals surface area contributed by atoms with Gasteiger partial charge in [0.25, 0.3) is 11.8 Å². The maximum absolute atomic E-state index is 12.4. The summed E-state index contributed by atoms with van der Waals surface area (Å²) < 4.78 is 10.3. The van der Waals surface area contributed by atoms with Gasteiger partial charge in [-0.25, -0.2) is 0 Å². The third kappa shape index (κ3) is 4.48. The van der Waals surface area contributed by atoms with Crippen LogP contribution in [0, 0.1) is 16.0 Å². The van der Waals surface area contributed by atoms with Gasteiger partial charge < -0.3 is 20.5 Å². The molecule has 1 aromatic carbocycles. The van der Waals surface area contributed by atoms with E-state index in [2.05, 4.69) is 12.2 Å². The topological polar surface area (TPSA) is 134 Å². The smallest absolute Gasteiger partial charge is 0.314 e. The Morgan fingerprint density at radius 3 is 2.83 bits per heavy atom. The van der Waals surface area contributed by atoms with Crippen molar-refractivity contribution >= 4 is 33.8 Å². The first-order chi connectivity index (χ1) is 13.8.